The van der Waals surface area contributed by atoms with Gasteiger partial charge < -0.3 is 10.0 Å². The van der Waals surface area contributed by atoms with Gasteiger partial charge in [0.25, 0.3) is 0 Å². The molecule has 1 fully saturated rings. The highest BCUT2D eigenvalue weighted by atomic mass is 16.3. The molecular formula is C21H36N6O. The largest absolute Gasteiger partial charge is 0.389 e. The third kappa shape index (κ3) is 4.15. The van der Waals surface area contributed by atoms with Crippen LogP contribution < -0.4 is 4.90 Å². The predicted octanol–water partition coefficient (Wildman–Crippen LogP) is 3.03. The van der Waals surface area contributed by atoms with Crippen molar-refractivity contribution >= 4 is 16.9 Å². The maximum atomic E-state index is 10.4. The van der Waals surface area contributed by atoms with Crippen molar-refractivity contribution in [2.75, 3.05) is 24.5 Å². The van der Waals surface area contributed by atoms with E-state index in [2.05, 4.69) is 59.5 Å². The van der Waals surface area contributed by atoms with Gasteiger partial charge in [0.2, 0.25) is 0 Å². The first-order chi connectivity index (χ1) is 13.0. The number of anilines is 1. The van der Waals surface area contributed by atoms with Gasteiger partial charge in [0, 0.05) is 31.7 Å². The van der Waals surface area contributed by atoms with Gasteiger partial charge in [0.05, 0.1) is 22.7 Å². The fraction of sp³-hybridized carbons (Fsp3) is 0.762. The number of aliphatic hydroxyl groups is 1. The molecule has 7 heteroatoms. The van der Waals surface area contributed by atoms with Gasteiger partial charge in [-0.05, 0) is 47.5 Å². The average Bonchev–Trinajstić information content (AvgIpc) is 3.04. The van der Waals surface area contributed by atoms with E-state index in [4.69, 9.17) is 0 Å². The van der Waals surface area contributed by atoms with E-state index in [0.29, 0.717) is 18.6 Å². The van der Waals surface area contributed by atoms with Gasteiger partial charge in [-0.15, -0.1) is 0 Å². The van der Waals surface area contributed by atoms with Crippen LogP contribution in [0.2, 0.25) is 0 Å². The molecule has 0 spiro atoms. The summed E-state index contributed by atoms with van der Waals surface area (Å²) in [6, 6.07) is 0.734. The molecule has 156 valence electrons. The van der Waals surface area contributed by atoms with Gasteiger partial charge in [-0.25, -0.2) is 14.6 Å². The monoisotopic (exact) mass is 388 g/mol. The molecule has 1 aliphatic heterocycles. The number of aromatic nitrogens is 4. The zero-order valence-electron chi connectivity index (χ0n) is 18.5. The van der Waals surface area contributed by atoms with Crippen molar-refractivity contribution in [2.45, 2.75) is 84.5 Å². The van der Waals surface area contributed by atoms with Crippen LogP contribution in [0.4, 0.5) is 5.82 Å². The second-order valence-electron chi connectivity index (χ2n) is 9.68. The number of piperazine rings is 1. The molecule has 0 saturated carbocycles. The Morgan fingerprint density at radius 1 is 1.04 bits per heavy atom. The van der Waals surface area contributed by atoms with Crippen molar-refractivity contribution in [3.8, 4) is 0 Å². The molecule has 0 amide bonds. The summed E-state index contributed by atoms with van der Waals surface area (Å²) in [5.74, 6) is 0.980. The van der Waals surface area contributed by atoms with Gasteiger partial charge in [-0.1, -0.05) is 13.8 Å². The van der Waals surface area contributed by atoms with Crippen LogP contribution in [0.3, 0.4) is 0 Å². The normalized spacial score (nSPS) is 22.2. The zero-order valence-corrected chi connectivity index (χ0v) is 18.5. The maximum absolute atomic E-state index is 10.4. The number of fused-ring (bicyclic) bond motifs is 1. The van der Waals surface area contributed by atoms with E-state index < -0.39 is 5.60 Å². The number of hydrogen-bond acceptors (Lipinski definition) is 6. The molecular weight excluding hydrogens is 352 g/mol. The van der Waals surface area contributed by atoms with E-state index in [9.17, 15) is 5.11 Å². The predicted molar refractivity (Wildman–Crippen MR) is 114 cm³/mol. The quantitative estimate of drug-likeness (QED) is 0.849. The minimum absolute atomic E-state index is 0.130. The van der Waals surface area contributed by atoms with Gasteiger partial charge in [0.15, 0.2) is 5.65 Å². The standard InChI is InChI=1S/C21H36N6O/c1-8-15-12-26(16(9-2)11-25(15)13-21(6,7)28)18-17-10-24-27(20(3,4)5)19(17)23-14-22-18/h10,14-16,28H,8-9,11-13H2,1-7H3/t15-,16-/m1/s1. The van der Waals surface area contributed by atoms with Crippen molar-refractivity contribution in [1.29, 1.82) is 0 Å². The second kappa shape index (κ2) is 7.59. The Morgan fingerprint density at radius 3 is 2.29 bits per heavy atom. The lowest BCUT2D eigenvalue weighted by atomic mass is 9.99. The van der Waals surface area contributed by atoms with Gasteiger partial charge in [-0.3, -0.25) is 4.90 Å². The first-order valence-electron chi connectivity index (χ1n) is 10.5. The Bertz CT molecular complexity index is 803. The Kier molecular flexibility index (Phi) is 5.69. The zero-order chi connectivity index (χ0) is 20.7. The lowest BCUT2D eigenvalue weighted by Gasteiger charge is -2.48. The van der Waals surface area contributed by atoms with Gasteiger partial charge in [0.1, 0.15) is 12.1 Å². The molecule has 0 unspecified atom stereocenters. The van der Waals surface area contributed by atoms with Crippen LogP contribution in [0.1, 0.15) is 61.3 Å². The summed E-state index contributed by atoms with van der Waals surface area (Å²) >= 11 is 0. The molecule has 0 bridgehead atoms. The maximum Gasteiger partial charge on any atom is 0.163 e. The summed E-state index contributed by atoms with van der Waals surface area (Å²) in [7, 11) is 0. The minimum Gasteiger partial charge on any atom is -0.389 e. The lowest BCUT2D eigenvalue weighted by Crippen LogP contribution is -2.60. The third-order valence-electron chi connectivity index (χ3n) is 5.59. The first kappa shape index (κ1) is 21.0. The molecule has 1 N–H and O–H groups in total. The molecule has 2 aromatic rings. The summed E-state index contributed by atoms with van der Waals surface area (Å²) in [4.78, 5) is 14.1. The van der Waals surface area contributed by atoms with Gasteiger partial charge in [-0.2, -0.15) is 5.10 Å². The molecule has 1 saturated heterocycles. The van der Waals surface area contributed by atoms with Gasteiger partial charge >= 0.3 is 0 Å². The summed E-state index contributed by atoms with van der Waals surface area (Å²) in [5.41, 5.74) is 0.0676. The summed E-state index contributed by atoms with van der Waals surface area (Å²) in [6.45, 7) is 17.2. The van der Waals surface area contributed by atoms with Crippen LogP contribution in [0.25, 0.3) is 11.0 Å². The molecule has 7 nitrogen and oxygen atoms in total. The molecule has 28 heavy (non-hydrogen) atoms. The number of β-amino-alcohol motifs (C(OH)–C–C–N with tert-alkyl or cyclic N) is 1. The summed E-state index contributed by atoms with van der Waals surface area (Å²) < 4.78 is 1.98. The van der Waals surface area contributed by atoms with E-state index in [-0.39, 0.29) is 5.54 Å². The van der Waals surface area contributed by atoms with E-state index in [1.54, 1.807) is 6.33 Å². The Hall–Kier alpha value is -1.73. The third-order valence-corrected chi connectivity index (χ3v) is 5.59. The Balaban J connectivity index is 1.98. The molecule has 3 heterocycles. The topological polar surface area (TPSA) is 70.3 Å². The highest BCUT2D eigenvalue weighted by Gasteiger charge is 2.36. The van der Waals surface area contributed by atoms with Crippen molar-refractivity contribution < 1.29 is 5.11 Å². The SMILES string of the molecule is CC[C@@H]1CN(c2ncnc3c2cnn3C(C)(C)C)[C@H](CC)CN1CC(C)(C)O. The molecule has 0 aromatic carbocycles. The highest BCUT2D eigenvalue weighted by molar-refractivity contribution is 5.87. The molecule has 0 aliphatic carbocycles. The highest BCUT2D eigenvalue weighted by Crippen LogP contribution is 2.31. The van der Waals surface area contributed by atoms with Crippen LogP contribution in [-0.4, -0.2) is 67.1 Å². The van der Waals surface area contributed by atoms with Crippen LogP contribution in [0.5, 0.6) is 0 Å². The first-order valence-corrected chi connectivity index (χ1v) is 10.5. The van der Waals surface area contributed by atoms with Crippen molar-refractivity contribution in [2.24, 2.45) is 0 Å². The fourth-order valence-corrected chi connectivity index (χ4v) is 4.25. The Morgan fingerprint density at radius 2 is 1.71 bits per heavy atom. The van der Waals surface area contributed by atoms with Crippen molar-refractivity contribution in [3.05, 3.63) is 12.5 Å². The van der Waals surface area contributed by atoms with Crippen LogP contribution >= 0.6 is 0 Å². The van der Waals surface area contributed by atoms with E-state index in [1.807, 2.05) is 24.7 Å². The van der Waals surface area contributed by atoms with Crippen molar-refractivity contribution in [1.82, 2.24) is 24.6 Å². The van der Waals surface area contributed by atoms with E-state index in [0.717, 1.165) is 42.8 Å². The molecule has 2 aromatic heterocycles. The molecule has 0 radical (unpaired) electrons. The van der Waals surface area contributed by atoms with E-state index >= 15 is 0 Å². The summed E-state index contributed by atoms with van der Waals surface area (Å²) in [5, 5.41) is 16.0. The van der Waals surface area contributed by atoms with Crippen LogP contribution in [-0.2, 0) is 5.54 Å². The summed E-state index contributed by atoms with van der Waals surface area (Å²) in [6.07, 6.45) is 5.64. The second-order valence-corrected chi connectivity index (χ2v) is 9.68. The van der Waals surface area contributed by atoms with Crippen LogP contribution in [0, 0.1) is 0 Å². The minimum atomic E-state index is -0.691. The number of nitrogens with zero attached hydrogens (tertiary/aromatic N) is 6. The number of rotatable bonds is 5. The molecule has 1 aliphatic rings. The lowest BCUT2D eigenvalue weighted by molar-refractivity contribution is 0.00996. The number of hydrogen-bond donors (Lipinski definition) is 1. The molecule has 3 rings (SSSR count). The Labute approximate surface area is 168 Å². The van der Waals surface area contributed by atoms with E-state index in [1.165, 1.54) is 0 Å². The van der Waals surface area contributed by atoms with Crippen LogP contribution in [0.15, 0.2) is 12.5 Å². The van der Waals surface area contributed by atoms with Crippen molar-refractivity contribution in [3.63, 3.8) is 0 Å². The smallest absolute Gasteiger partial charge is 0.163 e. The molecule has 2 atom stereocenters. The average molecular weight is 389 g/mol. The fourth-order valence-electron chi connectivity index (χ4n) is 4.25.